The number of benzene rings is 2. The van der Waals surface area contributed by atoms with Gasteiger partial charge in [0.1, 0.15) is 0 Å². The normalized spacial score (nSPS) is 10.6. The summed E-state index contributed by atoms with van der Waals surface area (Å²) in [6.07, 6.45) is 0. The lowest BCUT2D eigenvalue weighted by Crippen LogP contribution is -1.81. The van der Waals surface area contributed by atoms with Gasteiger partial charge in [-0.3, -0.25) is 0 Å². The molecule has 1 heterocycles. The smallest absolute Gasteiger partial charge is 0.170 e. The molecule has 0 fully saturated rings. The Labute approximate surface area is 112 Å². The predicted octanol–water partition coefficient (Wildman–Crippen LogP) is 4.63. The van der Waals surface area contributed by atoms with Crippen LogP contribution in [-0.2, 0) is 0 Å². The number of rotatable bonds is 2. The minimum absolute atomic E-state index is 0.858. The van der Waals surface area contributed by atoms with Gasteiger partial charge in [0.05, 0.1) is 5.69 Å². The zero-order valence-electron chi connectivity index (χ0n) is 11.1. The Morgan fingerprint density at radius 1 is 0.737 bits per heavy atom. The van der Waals surface area contributed by atoms with Crippen LogP contribution in [0.15, 0.2) is 59.1 Å². The molecule has 0 radical (unpaired) electrons. The Morgan fingerprint density at radius 2 is 1.32 bits per heavy atom. The SMILES string of the molecule is Cc1noc(-c2ccc(-c3ccccc3)cc2)c1C. The topological polar surface area (TPSA) is 26.0 Å². The highest BCUT2D eigenvalue weighted by molar-refractivity contribution is 5.69. The highest BCUT2D eigenvalue weighted by atomic mass is 16.5. The van der Waals surface area contributed by atoms with E-state index in [0.29, 0.717) is 0 Å². The summed E-state index contributed by atoms with van der Waals surface area (Å²) < 4.78 is 5.38. The maximum Gasteiger partial charge on any atom is 0.170 e. The zero-order valence-corrected chi connectivity index (χ0v) is 11.1. The van der Waals surface area contributed by atoms with Crippen molar-refractivity contribution in [3.8, 4) is 22.5 Å². The summed E-state index contributed by atoms with van der Waals surface area (Å²) >= 11 is 0. The van der Waals surface area contributed by atoms with Gasteiger partial charge in [-0.25, -0.2) is 0 Å². The van der Waals surface area contributed by atoms with Gasteiger partial charge >= 0.3 is 0 Å². The first-order chi connectivity index (χ1) is 9.25. The van der Waals surface area contributed by atoms with Crippen molar-refractivity contribution in [2.45, 2.75) is 13.8 Å². The van der Waals surface area contributed by atoms with Gasteiger partial charge in [0.15, 0.2) is 5.76 Å². The first-order valence-electron chi connectivity index (χ1n) is 6.34. The fourth-order valence-electron chi connectivity index (χ4n) is 2.13. The molecule has 0 aliphatic carbocycles. The summed E-state index contributed by atoms with van der Waals surface area (Å²) in [5, 5.41) is 4.00. The average molecular weight is 249 g/mol. The van der Waals surface area contributed by atoms with Crippen LogP contribution in [0.1, 0.15) is 11.3 Å². The fraction of sp³-hybridized carbons (Fsp3) is 0.118. The van der Waals surface area contributed by atoms with E-state index in [1.54, 1.807) is 0 Å². The molecule has 3 aromatic rings. The van der Waals surface area contributed by atoms with Crippen molar-refractivity contribution in [2.75, 3.05) is 0 Å². The molecule has 0 bridgehead atoms. The molecule has 2 aromatic carbocycles. The van der Waals surface area contributed by atoms with E-state index in [1.807, 2.05) is 32.0 Å². The summed E-state index contributed by atoms with van der Waals surface area (Å²) in [6.45, 7) is 3.99. The Kier molecular flexibility index (Phi) is 2.92. The van der Waals surface area contributed by atoms with Gasteiger partial charge in [-0.15, -0.1) is 0 Å². The summed E-state index contributed by atoms with van der Waals surface area (Å²) in [6, 6.07) is 18.7. The summed E-state index contributed by atoms with van der Waals surface area (Å²) in [4.78, 5) is 0. The lowest BCUT2D eigenvalue weighted by Gasteiger charge is -2.03. The van der Waals surface area contributed by atoms with Crippen LogP contribution >= 0.6 is 0 Å². The third kappa shape index (κ3) is 2.17. The molecule has 0 N–H and O–H groups in total. The molecule has 0 unspecified atom stereocenters. The second-order valence-corrected chi connectivity index (χ2v) is 4.67. The van der Waals surface area contributed by atoms with Crippen LogP contribution < -0.4 is 0 Å². The highest BCUT2D eigenvalue weighted by Crippen LogP contribution is 2.28. The molecule has 0 atom stereocenters. The van der Waals surface area contributed by atoms with Gasteiger partial charge in [0.25, 0.3) is 0 Å². The van der Waals surface area contributed by atoms with E-state index in [4.69, 9.17) is 4.52 Å². The zero-order chi connectivity index (χ0) is 13.2. The first kappa shape index (κ1) is 11.7. The van der Waals surface area contributed by atoms with Crippen LogP contribution in [-0.4, -0.2) is 5.16 Å². The summed E-state index contributed by atoms with van der Waals surface area (Å²) in [5.74, 6) is 0.858. The quantitative estimate of drug-likeness (QED) is 0.662. The van der Waals surface area contributed by atoms with Crippen LogP contribution in [0.5, 0.6) is 0 Å². The van der Waals surface area contributed by atoms with Crippen LogP contribution in [0.4, 0.5) is 0 Å². The average Bonchev–Trinajstić information content (AvgIpc) is 2.80. The molecule has 2 heteroatoms. The fourth-order valence-corrected chi connectivity index (χ4v) is 2.13. The Morgan fingerprint density at radius 3 is 1.89 bits per heavy atom. The first-order valence-corrected chi connectivity index (χ1v) is 6.34. The van der Waals surface area contributed by atoms with Crippen molar-refractivity contribution in [3.05, 3.63) is 65.9 Å². The predicted molar refractivity (Wildman–Crippen MR) is 76.8 cm³/mol. The molecule has 0 aliphatic heterocycles. The summed E-state index contributed by atoms with van der Waals surface area (Å²) in [5.41, 5.74) is 5.55. The van der Waals surface area contributed by atoms with E-state index in [-0.39, 0.29) is 0 Å². The second-order valence-electron chi connectivity index (χ2n) is 4.67. The Bertz CT molecular complexity index is 681. The third-order valence-corrected chi connectivity index (χ3v) is 3.41. The van der Waals surface area contributed by atoms with Gasteiger partial charge in [0.2, 0.25) is 0 Å². The molecule has 94 valence electrons. The van der Waals surface area contributed by atoms with Crippen molar-refractivity contribution < 1.29 is 4.52 Å². The van der Waals surface area contributed by atoms with Crippen LogP contribution in [0.3, 0.4) is 0 Å². The van der Waals surface area contributed by atoms with Crippen LogP contribution in [0.25, 0.3) is 22.5 Å². The summed E-state index contributed by atoms with van der Waals surface area (Å²) in [7, 11) is 0. The van der Waals surface area contributed by atoms with Gasteiger partial charge in [-0.05, 0) is 25.0 Å². The van der Waals surface area contributed by atoms with Crippen molar-refractivity contribution in [1.29, 1.82) is 0 Å². The minimum Gasteiger partial charge on any atom is -0.356 e. The van der Waals surface area contributed by atoms with E-state index in [9.17, 15) is 0 Å². The van der Waals surface area contributed by atoms with Gasteiger partial charge in [-0.2, -0.15) is 0 Å². The monoisotopic (exact) mass is 249 g/mol. The van der Waals surface area contributed by atoms with E-state index in [0.717, 1.165) is 22.6 Å². The van der Waals surface area contributed by atoms with E-state index >= 15 is 0 Å². The van der Waals surface area contributed by atoms with Crippen molar-refractivity contribution in [2.24, 2.45) is 0 Å². The number of aryl methyl sites for hydroxylation is 1. The van der Waals surface area contributed by atoms with Crippen LogP contribution in [0.2, 0.25) is 0 Å². The maximum atomic E-state index is 5.38. The largest absolute Gasteiger partial charge is 0.356 e. The Balaban J connectivity index is 1.98. The van der Waals surface area contributed by atoms with Crippen molar-refractivity contribution in [1.82, 2.24) is 5.16 Å². The number of hydrogen-bond donors (Lipinski definition) is 0. The molecule has 3 rings (SSSR count). The van der Waals surface area contributed by atoms with Crippen molar-refractivity contribution >= 4 is 0 Å². The molecule has 2 nitrogen and oxygen atoms in total. The Hall–Kier alpha value is -2.35. The molecule has 1 aromatic heterocycles. The molecule has 0 saturated heterocycles. The lowest BCUT2D eigenvalue weighted by atomic mass is 10.0. The number of nitrogens with zero attached hydrogens (tertiary/aromatic N) is 1. The lowest BCUT2D eigenvalue weighted by molar-refractivity contribution is 0.427. The standard InChI is InChI=1S/C17H15NO/c1-12-13(2)18-19-17(12)16-10-8-15(9-11-16)14-6-4-3-5-7-14/h3-11H,1-2H3. The van der Waals surface area contributed by atoms with E-state index < -0.39 is 0 Å². The highest BCUT2D eigenvalue weighted by Gasteiger charge is 2.10. The molecular weight excluding hydrogens is 234 g/mol. The molecule has 0 aliphatic rings. The number of hydrogen-bond acceptors (Lipinski definition) is 2. The van der Waals surface area contributed by atoms with Crippen LogP contribution in [0, 0.1) is 13.8 Å². The second kappa shape index (κ2) is 4.73. The van der Waals surface area contributed by atoms with E-state index in [1.165, 1.54) is 11.1 Å². The minimum atomic E-state index is 0.858. The molecule has 0 saturated carbocycles. The number of aromatic nitrogens is 1. The van der Waals surface area contributed by atoms with Gasteiger partial charge < -0.3 is 4.52 Å². The molecule has 0 amide bonds. The van der Waals surface area contributed by atoms with Gasteiger partial charge in [0, 0.05) is 11.1 Å². The third-order valence-electron chi connectivity index (χ3n) is 3.41. The van der Waals surface area contributed by atoms with E-state index in [2.05, 4.69) is 41.6 Å². The molecule has 19 heavy (non-hydrogen) atoms. The molecular formula is C17H15NO. The molecule has 0 spiro atoms. The van der Waals surface area contributed by atoms with Crippen molar-refractivity contribution in [3.63, 3.8) is 0 Å². The van der Waals surface area contributed by atoms with Gasteiger partial charge in [-0.1, -0.05) is 59.8 Å². The maximum absolute atomic E-state index is 5.38.